The van der Waals surface area contributed by atoms with E-state index < -0.39 is 11.6 Å². The van der Waals surface area contributed by atoms with E-state index >= 15 is 0 Å². The number of benzene rings is 3. The number of aromatic nitrogens is 3. The van der Waals surface area contributed by atoms with Crippen molar-refractivity contribution in [3.8, 4) is 11.5 Å². The van der Waals surface area contributed by atoms with Gasteiger partial charge < -0.3 is 20.1 Å². The predicted molar refractivity (Wildman–Crippen MR) is 144 cm³/mol. The number of methoxy groups -OCH3 is 1. The zero-order chi connectivity index (χ0) is 27.3. The molecule has 0 spiro atoms. The van der Waals surface area contributed by atoms with Gasteiger partial charge in [-0.15, -0.1) is 5.10 Å². The van der Waals surface area contributed by atoms with Gasteiger partial charge in [0, 0.05) is 12.1 Å². The Morgan fingerprint density at radius 1 is 1.05 bits per heavy atom. The van der Waals surface area contributed by atoms with Gasteiger partial charge in [-0.1, -0.05) is 48.5 Å². The minimum Gasteiger partial charge on any atom is -0.508 e. The van der Waals surface area contributed by atoms with Crippen molar-refractivity contribution in [1.29, 1.82) is 0 Å². The molecular formula is C29H33N5O4. The lowest BCUT2D eigenvalue weighted by Crippen LogP contribution is -2.50. The van der Waals surface area contributed by atoms with E-state index in [1.807, 2.05) is 69.3 Å². The van der Waals surface area contributed by atoms with Crippen molar-refractivity contribution in [3.05, 3.63) is 83.9 Å². The maximum Gasteiger partial charge on any atom is 0.247 e. The zero-order valence-corrected chi connectivity index (χ0v) is 22.1. The predicted octanol–water partition coefficient (Wildman–Crippen LogP) is 4.22. The lowest BCUT2D eigenvalue weighted by molar-refractivity contribution is -0.143. The summed E-state index contributed by atoms with van der Waals surface area (Å²) in [5.41, 5.74) is 2.33. The Hall–Kier alpha value is -4.40. The van der Waals surface area contributed by atoms with Crippen molar-refractivity contribution in [2.45, 2.75) is 51.9 Å². The molecule has 1 atom stereocenters. The van der Waals surface area contributed by atoms with Gasteiger partial charge in [-0.25, -0.2) is 4.68 Å². The van der Waals surface area contributed by atoms with Crippen molar-refractivity contribution >= 4 is 22.8 Å². The summed E-state index contributed by atoms with van der Waals surface area (Å²) in [7, 11) is 1.59. The number of hydrogen-bond acceptors (Lipinski definition) is 6. The lowest BCUT2D eigenvalue weighted by atomic mass is 9.98. The molecule has 0 aliphatic carbocycles. The maximum atomic E-state index is 14.0. The van der Waals surface area contributed by atoms with Crippen LogP contribution < -0.4 is 10.1 Å². The van der Waals surface area contributed by atoms with Gasteiger partial charge in [0.05, 0.1) is 12.6 Å². The highest BCUT2D eigenvalue weighted by Crippen LogP contribution is 2.28. The second-order valence-electron chi connectivity index (χ2n) is 9.83. The average Bonchev–Trinajstić information content (AvgIpc) is 3.32. The minimum atomic E-state index is -0.953. The third-order valence-corrected chi connectivity index (χ3v) is 6.65. The normalized spacial score (nSPS) is 12.2. The van der Waals surface area contributed by atoms with E-state index in [4.69, 9.17) is 4.74 Å². The molecule has 0 unspecified atom stereocenters. The Morgan fingerprint density at radius 3 is 2.39 bits per heavy atom. The topological polar surface area (TPSA) is 110 Å². The van der Waals surface area contributed by atoms with Crippen molar-refractivity contribution in [1.82, 2.24) is 25.2 Å². The highest BCUT2D eigenvalue weighted by atomic mass is 16.5. The Bertz CT molecular complexity index is 1400. The summed E-state index contributed by atoms with van der Waals surface area (Å²) >= 11 is 0. The molecule has 4 aromatic rings. The van der Waals surface area contributed by atoms with Crippen LogP contribution >= 0.6 is 0 Å². The van der Waals surface area contributed by atoms with Crippen LogP contribution in [0, 0.1) is 0 Å². The number of ether oxygens (including phenoxy) is 1. The molecule has 2 N–H and O–H groups in total. The van der Waals surface area contributed by atoms with E-state index in [-0.39, 0.29) is 30.7 Å². The maximum absolute atomic E-state index is 14.0. The van der Waals surface area contributed by atoms with Crippen molar-refractivity contribution < 1.29 is 19.4 Å². The molecule has 2 amide bonds. The SMILES string of the molecule is CCC(C)(C)NC(=O)[C@H](c1ccc(O)cc1)N(Cc1ccc(OC)cc1)C(=O)Cn1nnc2ccccc21. The average molecular weight is 516 g/mol. The Balaban J connectivity index is 1.76. The van der Waals surface area contributed by atoms with Crippen LogP contribution in [0.5, 0.6) is 11.5 Å². The number of nitrogens with one attached hydrogen (secondary N) is 1. The lowest BCUT2D eigenvalue weighted by Gasteiger charge is -2.34. The molecule has 38 heavy (non-hydrogen) atoms. The van der Waals surface area contributed by atoms with Crippen molar-refractivity contribution in [2.75, 3.05) is 7.11 Å². The number of nitrogens with zero attached hydrogens (tertiary/aromatic N) is 4. The monoisotopic (exact) mass is 515 g/mol. The fraction of sp³-hybridized carbons (Fsp3) is 0.310. The largest absolute Gasteiger partial charge is 0.508 e. The molecule has 0 saturated heterocycles. The van der Waals surface area contributed by atoms with Crippen LogP contribution in [-0.2, 0) is 22.7 Å². The van der Waals surface area contributed by atoms with E-state index in [1.54, 1.807) is 28.8 Å². The number of rotatable bonds is 10. The smallest absolute Gasteiger partial charge is 0.247 e. The summed E-state index contributed by atoms with van der Waals surface area (Å²) in [6.07, 6.45) is 0.707. The minimum absolute atomic E-state index is 0.0731. The summed E-state index contributed by atoms with van der Waals surface area (Å²) in [4.78, 5) is 29.4. The number of phenols is 1. The molecule has 3 aromatic carbocycles. The van der Waals surface area contributed by atoms with Gasteiger partial charge in [0.15, 0.2) is 0 Å². The molecule has 0 bridgehead atoms. The number of phenolic OH excluding ortho intramolecular Hbond substituents is 1. The second kappa shape index (κ2) is 11.3. The van der Waals surface area contributed by atoms with Gasteiger partial charge in [0.1, 0.15) is 29.6 Å². The van der Waals surface area contributed by atoms with Gasteiger partial charge in [0.2, 0.25) is 11.8 Å². The molecule has 0 aliphatic heterocycles. The number of amides is 2. The Labute approximate surface area is 222 Å². The molecule has 198 valence electrons. The molecule has 0 saturated carbocycles. The summed E-state index contributed by atoms with van der Waals surface area (Å²) in [5, 5.41) is 21.3. The fourth-order valence-electron chi connectivity index (χ4n) is 4.12. The van der Waals surface area contributed by atoms with Crippen LogP contribution in [0.15, 0.2) is 72.8 Å². The van der Waals surface area contributed by atoms with Crippen LogP contribution in [0.3, 0.4) is 0 Å². The molecule has 9 heteroatoms. The van der Waals surface area contributed by atoms with E-state index in [0.29, 0.717) is 23.3 Å². The number of carbonyl (C=O) groups excluding carboxylic acids is 2. The first-order valence-corrected chi connectivity index (χ1v) is 12.5. The standard InChI is InChI=1S/C29H33N5O4/c1-5-29(2,3)30-28(37)27(21-12-14-22(35)15-13-21)33(18-20-10-16-23(38-4)17-11-20)26(36)19-34-25-9-7-6-8-24(25)31-32-34/h6-17,27,35H,5,18-19H2,1-4H3,(H,30,37)/t27-/m0/s1. The van der Waals surface area contributed by atoms with Crippen LogP contribution in [0.2, 0.25) is 0 Å². The van der Waals surface area contributed by atoms with Gasteiger partial charge in [-0.3, -0.25) is 9.59 Å². The van der Waals surface area contributed by atoms with Crippen LogP contribution in [0.25, 0.3) is 11.0 Å². The van der Waals surface area contributed by atoms with E-state index in [0.717, 1.165) is 11.1 Å². The van der Waals surface area contributed by atoms with Crippen LogP contribution in [0.4, 0.5) is 0 Å². The Kier molecular flexibility index (Phi) is 7.95. The molecular weight excluding hydrogens is 482 g/mol. The first-order valence-electron chi connectivity index (χ1n) is 12.5. The van der Waals surface area contributed by atoms with E-state index in [9.17, 15) is 14.7 Å². The van der Waals surface area contributed by atoms with Gasteiger partial charge in [-0.05, 0) is 67.8 Å². The van der Waals surface area contributed by atoms with Crippen molar-refractivity contribution in [3.63, 3.8) is 0 Å². The number of fused-ring (bicyclic) bond motifs is 1. The van der Waals surface area contributed by atoms with E-state index in [1.165, 1.54) is 12.1 Å². The van der Waals surface area contributed by atoms with Crippen LogP contribution in [-0.4, -0.2) is 49.5 Å². The first-order chi connectivity index (χ1) is 18.2. The first kappa shape index (κ1) is 26.7. The van der Waals surface area contributed by atoms with Gasteiger partial charge in [0.25, 0.3) is 0 Å². The third kappa shape index (κ3) is 6.11. The molecule has 0 radical (unpaired) electrons. The zero-order valence-electron chi connectivity index (χ0n) is 22.1. The fourth-order valence-corrected chi connectivity index (χ4v) is 4.12. The van der Waals surface area contributed by atoms with Crippen molar-refractivity contribution in [2.24, 2.45) is 0 Å². The number of para-hydroxylation sites is 1. The Morgan fingerprint density at radius 2 is 1.74 bits per heavy atom. The third-order valence-electron chi connectivity index (χ3n) is 6.65. The second-order valence-corrected chi connectivity index (χ2v) is 9.83. The molecule has 0 fully saturated rings. The molecule has 9 nitrogen and oxygen atoms in total. The molecule has 4 rings (SSSR count). The van der Waals surface area contributed by atoms with Gasteiger partial charge in [-0.2, -0.15) is 0 Å². The molecule has 0 aliphatic rings. The number of carbonyl (C=O) groups is 2. The van der Waals surface area contributed by atoms with Gasteiger partial charge >= 0.3 is 0 Å². The quantitative estimate of drug-likeness (QED) is 0.327. The molecule has 1 heterocycles. The summed E-state index contributed by atoms with van der Waals surface area (Å²) in [6.45, 7) is 5.94. The van der Waals surface area contributed by atoms with E-state index in [2.05, 4.69) is 15.6 Å². The summed E-state index contributed by atoms with van der Waals surface area (Å²) < 4.78 is 6.82. The summed E-state index contributed by atoms with van der Waals surface area (Å²) in [5.74, 6) is 0.147. The summed E-state index contributed by atoms with van der Waals surface area (Å²) in [6, 6.07) is 20.2. The highest BCUT2D eigenvalue weighted by molar-refractivity contribution is 5.89. The number of hydrogen-bond donors (Lipinski definition) is 2. The highest BCUT2D eigenvalue weighted by Gasteiger charge is 2.34. The number of aromatic hydroxyl groups is 1. The van der Waals surface area contributed by atoms with Crippen LogP contribution in [0.1, 0.15) is 44.4 Å². The molecule has 1 aromatic heterocycles.